The molecule has 0 bridgehead atoms. The number of nitrogens with zero attached hydrogens (tertiary/aromatic N) is 1. The average molecular weight is 350 g/mol. The van der Waals surface area contributed by atoms with Gasteiger partial charge in [-0.05, 0) is 19.4 Å². The SMILES string of the molecule is COC(=O)c1sc(NC(=O)CSCc2ccc(C)cc2)nc1C. The molecule has 0 unspecified atom stereocenters. The van der Waals surface area contributed by atoms with Crippen molar-refractivity contribution in [1.29, 1.82) is 0 Å². The molecular weight excluding hydrogens is 332 g/mol. The van der Waals surface area contributed by atoms with E-state index in [0.29, 0.717) is 21.5 Å². The molecule has 2 rings (SSSR count). The van der Waals surface area contributed by atoms with Crippen LogP contribution in [0.5, 0.6) is 0 Å². The van der Waals surface area contributed by atoms with Crippen molar-refractivity contribution >= 4 is 40.1 Å². The fourth-order valence-electron chi connectivity index (χ4n) is 1.83. The van der Waals surface area contributed by atoms with Gasteiger partial charge in [-0.2, -0.15) is 0 Å². The molecule has 1 aromatic heterocycles. The summed E-state index contributed by atoms with van der Waals surface area (Å²) in [6, 6.07) is 8.24. The lowest BCUT2D eigenvalue weighted by Gasteiger charge is -2.03. The number of methoxy groups -OCH3 is 1. The maximum atomic E-state index is 11.9. The lowest BCUT2D eigenvalue weighted by molar-refractivity contribution is -0.113. The number of hydrogen-bond acceptors (Lipinski definition) is 6. The van der Waals surface area contributed by atoms with Crippen LogP contribution in [0.15, 0.2) is 24.3 Å². The maximum absolute atomic E-state index is 11.9. The number of esters is 1. The van der Waals surface area contributed by atoms with Crippen molar-refractivity contribution in [2.45, 2.75) is 19.6 Å². The number of ether oxygens (including phenoxy) is 1. The van der Waals surface area contributed by atoms with Crippen LogP contribution in [0.3, 0.4) is 0 Å². The Bertz CT molecular complexity index is 696. The van der Waals surface area contributed by atoms with Crippen LogP contribution >= 0.6 is 23.1 Å². The molecule has 0 aliphatic heterocycles. The van der Waals surface area contributed by atoms with Crippen LogP contribution in [-0.2, 0) is 15.3 Å². The van der Waals surface area contributed by atoms with E-state index in [1.807, 2.05) is 6.92 Å². The van der Waals surface area contributed by atoms with Crippen molar-refractivity contribution in [2.24, 2.45) is 0 Å². The highest BCUT2D eigenvalue weighted by molar-refractivity contribution is 7.99. The third-order valence-corrected chi connectivity index (χ3v) is 5.09. The number of carbonyl (C=O) groups is 2. The Hall–Kier alpha value is -1.86. The van der Waals surface area contributed by atoms with E-state index >= 15 is 0 Å². The predicted octanol–water partition coefficient (Wildman–Crippen LogP) is 3.42. The molecule has 0 saturated carbocycles. The zero-order valence-corrected chi connectivity index (χ0v) is 14.8. The Morgan fingerprint density at radius 1 is 1.26 bits per heavy atom. The van der Waals surface area contributed by atoms with E-state index in [9.17, 15) is 9.59 Å². The number of aromatic nitrogens is 1. The van der Waals surface area contributed by atoms with Crippen LogP contribution in [0.4, 0.5) is 5.13 Å². The Balaban J connectivity index is 1.83. The molecule has 0 saturated heterocycles. The molecule has 1 aromatic carbocycles. The summed E-state index contributed by atoms with van der Waals surface area (Å²) in [4.78, 5) is 28.0. The number of carbonyl (C=O) groups excluding carboxylic acids is 2. The summed E-state index contributed by atoms with van der Waals surface area (Å²) in [5, 5.41) is 3.14. The van der Waals surface area contributed by atoms with Crippen molar-refractivity contribution in [3.8, 4) is 0 Å². The molecule has 0 spiro atoms. The highest BCUT2D eigenvalue weighted by Gasteiger charge is 2.16. The number of thioether (sulfide) groups is 1. The van der Waals surface area contributed by atoms with Crippen molar-refractivity contribution in [1.82, 2.24) is 4.98 Å². The van der Waals surface area contributed by atoms with Gasteiger partial charge in [0.25, 0.3) is 0 Å². The standard InChI is InChI=1S/C16H18N2O3S2/c1-10-4-6-12(7-5-10)8-22-9-13(19)18-16-17-11(2)14(23-16)15(20)21-3/h4-7H,8-9H2,1-3H3,(H,17,18,19). The zero-order chi connectivity index (χ0) is 16.8. The highest BCUT2D eigenvalue weighted by Crippen LogP contribution is 2.23. The average Bonchev–Trinajstić information content (AvgIpc) is 2.89. The number of aryl methyl sites for hydroxylation is 2. The summed E-state index contributed by atoms with van der Waals surface area (Å²) in [5.41, 5.74) is 2.97. The first kappa shape index (κ1) is 17.5. The van der Waals surface area contributed by atoms with Gasteiger partial charge in [-0.1, -0.05) is 41.2 Å². The van der Waals surface area contributed by atoms with Crippen molar-refractivity contribution in [3.63, 3.8) is 0 Å². The Morgan fingerprint density at radius 2 is 1.96 bits per heavy atom. The number of thiazole rings is 1. The third-order valence-electron chi connectivity index (χ3n) is 3.04. The second-order valence-electron chi connectivity index (χ2n) is 4.95. The molecule has 23 heavy (non-hydrogen) atoms. The van der Waals surface area contributed by atoms with Gasteiger partial charge in [0, 0.05) is 5.75 Å². The number of nitrogens with one attached hydrogen (secondary N) is 1. The van der Waals surface area contributed by atoms with Crippen molar-refractivity contribution < 1.29 is 14.3 Å². The first-order valence-corrected chi connectivity index (χ1v) is 8.95. The first-order valence-electron chi connectivity index (χ1n) is 6.98. The van der Waals surface area contributed by atoms with Gasteiger partial charge in [-0.3, -0.25) is 4.79 Å². The zero-order valence-electron chi connectivity index (χ0n) is 13.2. The minimum absolute atomic E-state index is 0.132. The number of rotatable bonds is 6. The molecule has 1 N–H and O–H groups in total. The van der Waals surface area contributed by atoms with E-state index in [1.54, 1.807) is 6.92 Å². The minimum Gasteiger partial charge on any atom is -0.465 e. The third kappa shape index (κ3) is 5.07. The maximum Gasteiger partial charge on any atom is 0.350 e. The summed E-state index contributed by atoms with van der Waals surface area (Å²) < 4.78 is 4.67. The van der Waals surface area contributed by atoms with Gasteiger partial charge in [-0.25, -0.2) is 9.78 Å². The van der Waals surface area contributed by atoms with E-state index in [-0.39, 0.29) is 5.91 Å². The van der Waals surface area contributed by atoms with Crippen LogP contribution in [0, 0.1) is 13.8 Å². The van der Waals surface area contributed by atoms with Crippen LogP contribution < -0.4 is 5.32 Å². The summed E-state index contributed by atoms with van der Waals surface area (Å²) in [6.07, 6.45) is 0. The molecular formula is C16H18N2O3S2. The molecule has 1 heterocycles. The molecule has 0 aliphatic carbocycles. The highest BCUT2D eigenvalue weighted by atomic mass is 32.2. The molecule has 122 valence electrons. The van der Waals surface area contributed by atoms with Crippen LogP contribution in [-0.4, -0.2) is 29.7 Å². The molecule has 0 fully saturated rings. The fourth-order valence-corrected chi connectivity index (χ4v) is 3.52. The molecule has 1 amide bonds. The fraction of sp³-hybridized carbons (Fsp3) is 0.312. The summed E-state index contributed by atoms with van der Waals surface area (Å²) in [7, 11) is 1.32. The smallest absolute Gasteiger partial charge is 0.350 e. The van der Waals surface area contributed by atoms with E-state index < -0.39 is 5.97 Å². The normalized spacial score (nSPS) is 10.4. The van der Waals surface area contributed by atoms with Gasteiger partial charge in [0.15, 0.2) is 5.13 Å². The van der Waals surface area contributed by atoms with Gasteiger partial charge in [0.2, 0.25) is 5.91 Å². The van der Waals surface area contributed by atoms with Crippen molar-refractivity contribution in [3.05, 3.63) is 46.0 Å². The number of anilines is 1. The number of amides is 1. The van der Waals surface area contributed by atoms with E-state index in [1.165, 1.54) is 30.0 Å². The molecule has 0 atom stereocenters. The van der Waals surface area contributed by atoms with Gasteiger partial charge in [0.1, 0.15) is 4.88 Å². The lowest BCUT2D eigenvalue weighted by Crippen LogP contribution is -2.13. The van der Waals surface area contributed by atoms with Crippen LogP contribution in [0.25, 0.3) is 0 Å². The monoisotopic (exact) mass is 350 g/mol. The van der Waals surface area contributed by atoms with Gasteiger partial charge in [0.05, 0.1) is 18.6 Å². The number of benzene rings is 1. The van der Waals surface area contributed by atoms with E-state index in [4.69, 9.17) is 0 Å². The summed E-state index contributed by atoms with van der Waals surface area (Å²) in [5.74, 6) is 0.541. The van der Waals surface area contributed by atoms with E-state index in [0.717, 1.165) is 17.1 Å². The molecule has 7 heteroatoms. The lowest BCUT2D eigenvalue weighted by atomic mass is 10.2. The number of hydrogen-bond donors (Lipinski definition) is 1. The Labute approximate surface area is 143 Å². The molecule has 0 aliphatic rings. The largest absolute Gasteiger partial charge is 0.465 e. The predicted molar refractivity (Wildman–Crippen MR) is 94.2 cm³/mol. The van der Waals surface area contributed by atoms with Gasteiger partial charge >= 0.3 is 5.97 Å². The summed E-state index contributed by atoms with van der Waals surface area (Å²) >= 11 is 2.66. The quantitative estimate of drug-likeness (QED) is 0.809. The minimum atomic E-state index is -0.436. The van der Waals surface area contributed by atoms with E-state index in [2.05, 4.69) is 39.3 Å². The molecule has 0 radical (unpaired) electrons. The second-order valence-corrected chi connectivity index (χ2v) is 6.94. The van der Waals surface area contributed by atoms with Crippen LogP contribution in [0.1, 0.15) is 26.5 Å². The van der Waals surface area contributed by atoms with Gasteiger partial charge < -0.3 is 10.1 Å². The van der Waals surface area contributed by atoms with Crippen molar-refractivity contribution in [2.75, 3.05) is 18.2 Å². The Kier molecular flexibility index (Phi) is 6.18. The first-order chi connectivity index (χ1) is 11.0. The molecule has 5 nitrogen and oxygen atoms in total. The van der Waals surface area contributed by atoms with Gasteiger partial charge in [-0.15, -0.1) is 11.8 Å². The topological polar surface area (TPSA) is 68.3 Å². The molecule has 2 aromatic rings. The van der Waals surface area contributed by atoms with Crippen LogP contribution in [0.2, 0.25) is 0 Å². The Morgan fingerprint density at radius 3 is 2.61 bits per heavy atom. The summed E-state index contributed by atoms with van der Waals surface area (Å²) in [6.45, 7) is 3.76. The second kappa shape index (κ2) is 8.12.